The van der Waals surface area contributed by atoms with Gasteiger partial charge in [0.15, 0.2) is 11.6 Å². The van der Waals surface area contributed by atoms with Crippen LogP contribution in [0.2, 0.25) is 10.0 Å². The molecule has 35 heavy (non-hydrogen) atoms. The molecule has 0 fully saturated rings. The third-order valence-electron chi connectivity index (χ3n) is 5.14. The molecule has 3 heterocycles. The number of nitrogens with one attached hydrogen (secondary N) is 1. The van der Waals surface area contributed by atoms with E-state index in [9.17, 15) is 0 Å². The van der Waals surface area contributed by atoms with Gasteiger partial charge in [-0.05, 0) is 42.6 Å². The molecule has 0 atom stereocenters. The first-order valence-corrected chi connectivity index (χ1v) is 11.8. The summed E-state index contributed by atoms with van der Waals surface area (Å²) in [4.78, 5) is 1.02. The van der Waals surface area contributed by atoms with Crippen LogP contribution in [0.1, 0.15) is 22.6 Å². The Morgan fingerprint density at radius 3 is 2.83 bits per heavy atom. The Kier molecular flexibility index (Phi) is 6.26. The van der Waals surface area contributed by atoms with Crippen molar-refractivity contribution in [2.75, 3.05) is 0 Å². The van der Waals surface area contributed by atoms with Gasteiger partial charge in [-0.15, -0.1) is 21.5 Å². The number of rotatable bonds is 6. The lowest BCUT2D eigenvalue weighted by atomic mass is 10.1. The molecule has 5 rings (SSSR count). The van der Waals surface area contributed by atoms with Gasteiger partial charge in [0, 0.05) is 16.1 Å². The zero-order chi connectivity index (χ0) is 24.5. The van der Waals surface area contributed by atoms with Crippen molar-refractivity contribution >= 4 is 34.5 Å². The van der Waals surface area contributed by atoms with Gasteiger partial charge in [0.05, 0.1) is 28.0 Å². The minimum Gasteiger partial charge on any atom is -0.453 e. The first-order chi connectivity index (χ1) is 16.9. The maximum Gasteiger partial charge on any atom is 0.265 e. The number of ether oxygens (including phenoxy) is 1. The monoisotopic (exact) mass is 525 g/mol. The molecule has 2 aromatic carbocycles. The highest BCUT2D eigenvalue weighted by Gasteiger charge is 2.21. The van der Waals surface area contributed by atoms with Gasteiger partial charge in [-0.2, -0.15) is 10.4 Å². The van der Waals surface area contributed by atoms with E-state index in [2.05, 4.69) is 20.4 Å². The number of nitriles is 1. The molecular formula is C24H14Cl2FN5O2S. The van der Waals surface area contributed by atoms with Crippen molar-refractivity contribution < 1.29 is 13.5 Å². The van der Waals surface area contributed by atoms with Crippen LogP contribution < -0.4 is 4.74 Å². The quantitative estimate of drug-likeness (QED) is 0.251. The largest absolute Gasteiger partial charge is 0.453 e. The fraction of sp³-hybridized carbons (Fsp3) is 0.0833. The van der Waals surface area contributed by atoms with E-state index in [1.807, 2.05) is 30.5 Å². The average Bonchev–Trinajstić information content (AvgIpc) is 3.59. The molecule has 0 aliphatic rings. The highest BCUT2D eigenvalue weighted by Crippen LogP contribution is 2.36. The van der Waals surface area contributed by atoms with Crippen molar-refractivity contribution in [3.8, 4) is 39.7 Å². The fourth-order valence-corrected chi connectivity index (χ4v) is 4.64. The van der Waals surface area contributed by atoms with E-state index >= 15 is 4.39 Å². The zero-order valence-electron chi connectivity index (χ0n) is 18.0. The van der Waals surface area contributed by atoms with Crippen molar-refractivity contribution in [1.82, 2.24) is 20.4 Å². The van der Waals surface area contributed by atoms with Crippen LogP contribution in [-0.4, -0.2) is 20.4 Å². The summed E-state index contributed by atoms with van der Waals surface area (Å²) in [5, 5.41) is 26.9. The van der Waals surface area contributed by atoms with E-state index in [0.717, 1.165) is 16.1 Å². The molecule has 7 nitrogen and oxygen atoms in total. The summed E-state index contributed by atoms with van der Waals surface area (Å²) in [5.74, 6) is -0.244. The highest BCUT2D eigenvalue weighted by molar-refractivity contribution is 7.13. The predicted molar refractivity (Wildman–Crippen MR) is 130 cm³/mol. The van der Waals surface area contributed by atoms with Crippen molar-refractivity contribution in [3.63, 3.8) is 0 Å². The van der Waals surface area contributed by atoms with E-state index in [-0.39, 0.29) is 50.9 Å². The molecule has 5 aromatic rings. The normalized spacial score (nSPS) is 10.9. The molecule has 174 valence electrons. The van der Waals surface area contributed by atoms with E-state index in [0.29, 0.717) is 5.69 Å². The average molecular weight is 526 g/mol. The summed E-state index contributed by atoms with van der Waals surface area (Å²) in [6.45, 7) is 1.91. The van der Waals surface area contributed by atoms with Gasteiger partial charge in [-0.3, -0.25) is 5.10 Å². The lowest BCUT2D eigenvalue weighted by Gasteiger charge is -2.11. The predicted octanol–water partition coefficient (Wildman–Crippen LogP) is 7.20. The van der Waals surface area contributed by atoms with E-state index in [4.69, 9.17) is 37.6 Å². The summed E-state index contributed by atoms with van der Waals surface area (Å²) in [7, 11) is 0. The lowest BCUT2D eigenvalue weighted by Crippen LogP contribution is -1.98. The number of benzene rings is 2. The topological polar surface area (TPSA) is 101 Å². The van der Waals surface area contributed by atoms with Crippen LogP contribution in [0.15, 0.2) is 52.3 Å². The van der Waals surface area contributed by atoms with Crippen molar-refractivity contribution in [3.05, 3.63) is 86.3 Å². The summed E-state index contributed by atoms with van der Waals surface area (Å²) in [6.07, 6.45) is 0.0102. The maximum absolute atomic E-state index is 15.3. The summed E-state index contributed by atoms with van der Waals surface area (Å²) >= 11 is 13.8. The summed E-state index contributed by atoms with van der Waals surface area (Å²) in [6, 6.07) is 13.3. The van der Waals surface area contributed by atoms with Gasteiger partial charge in [-0.25, -0.2) is 4.39 Å². The summed E-state index contributed by atoms with van der Waals surface area (Å²) < 4.78 is 26.8. The molecule has 0 aliphatic carbocycles. The first-order valence-electron chi connectivity index (χ1n) is 10.2. The standard InChI is InChI=1S/C24H14Cl2FN5O2S/c1-12-21(18-3-2-6-35-18)30-31-22(12)24-32-29-19(34-24)9-14-4-5-17(26)23(20(14)27)33-16-8-13(11-28)7-15(25)10-16/h2-8,10H,9H2,1H3,(H,30,31). The van der Waals surface area contributed by atoms with Crippen LogP contribution in [-0.2, 0) is 6.42 Å². The van der Waals surface area contributed by atoms with Gasteiger partial charge in [0.25, 0.3) is 5.89 Å². The molecule has 0 aliphatic heterocycles. The number of H-pyrrole nitrogens is 1. The third-order valence-corrected chi connectivity index (χ3v) is 6.53. The number of nitrogens with zero attached hydrogens (tertiary/aromatic N) is 4. The van der Waals surface area contributed by atoms with Crippen molar-refractivity contribution in [2.24, 2.45) is 0 Å². The van der Waals surface area contributed by atoms with Gasteiger partial charge < -0.3 is 9.15 Å². The minimum atomic E-state index is -0.687. The number of hydrogen-bond donors (Lipinski definition) is 1. The number of hydrogen-bond acceptors (Lipinski definition) is 7. The summed E-state index contributed by atoms with van der Waals surface area (Å²) in [5.41, 5.74) is 2.79. The minimum absolute atomic E-state index is 0.0102. The second-order valence-electron chi connectivity index (χ2n) is 7.47. The van der Waals surface area contributed by atoms with E-state index < -0.39 is 5.82 Å². The van der Waals surface area contributed by atoms with E-state index in [1.165, 1.54) is 30.3 Å². The second-order valence-corrected chi connectivity index (χ2v) is 9.26. The number of aromatic nitrogens is 4. The van der Waals surface area contributed by atoms with Crippen LogP contribution >= 0.6 is 34.5 Å². The molecule has 0 saturated carbocycles. The van der Waals surface area contributed by atoms with Crippen molar-refractivity contribution in [1.29, 1.82) is 5.26 Å². The molecule has 0 amide bonds. The van der Waals surface area contributed by atoms with E-state index in [1.54, 1.807) is 11.3 Å². The number of halogens is 3. The highest BCUT2D eigenvalue weighted by atomic mass is 35.5. The Labute approximate surface area is 212 Å². The van der Waals surface area contributed by atoms with Crippen LogP contribution in [0.5, 0.6) is 11.5 Å². The molecule has 11 heteroatoms. The SMILES string of the molecule is Cc1c(-c2cccs2)n[nH]c1-c1nnc(Cc2ccc(Cl)c(Oc3cc(Cl)cc(C#N)c3)c2F)o1. The Morgan fingerprint density at radius 2 is 2.06 bits per heavy atom. The number of aromatic amines is 1. The van der Waals surface area contributed by atoms with Gasteiger partial charge >= 0.3 is 0 Å². The Balaban J connectivity index is 1.40. The Morgan fingerprint density at radius 1 is 1.20 bits per heavy atom. The number of thiophene rings is 1. The molecule has 3 aromatic heterocycles. The first kappa shape index (κ1) is 23.1. The van der Waals surface area contributed by atoms with Crippen LogP contribution in [0, 0.1) is 24.1 Å². The van der Waals surface area contributed by atoms with Crippen molar-refractivity contribution in [2.45, 2.75) is 13.3 Å². The second kappa shape index (κ2) is 9.50. The van der Waals surface area contributed by atoms with Crippen LogP contribution in [0.4, 0.5) is 4.39 Å². The smallest absolute Gasteiger partial charge is 0.265 e. The van der Waals surface area contributed by atoms with Crippen LogP contribution in [0.3, 0.4) is 0 Å². The van der Waals surface area contributed by atoms with Gasteiger partial charge in [0.1, 0.15) is 17.1 Å². The maximum atomic E-state index is 15.3. The zero-order valence-corrected chi connectivity index (χ0v) is 20.3. The molecule has 0 bridgehead atoms. The fourth-order valence-electron chi connectivity index (χ4n) is 3.46. The Hall–Kier alpha value is -3.71. The molecule has 0 spiro atoms. The molecular weight excluding hydrogens is 512 g/mol. The molecule has 0 unspecified atom stereocenters. The Bertz CT molecular complexity index is 1570. The molecule has 0 saturated heterocycles. The van der Waals surface area contributed by atoms with Gasteiger partial charge in [-0.1, -0.05) is 35.3 Å². The molecule has 1 N–H and O–H groups in total. The van der Waals surface area contributed by atoms with Gasteiger partial charge in [0.2, 0.25) is 5.89 Å². The lowest BCUT2D eigenvalue weighted by molar-refractivity contribution is 0.437. The van der Waals surface area contributed by atoms with Crippen LogP contribution in [0.25, 0.3) is 22.2 Å². The molecule has 0 radical (unpaired) electrons. The third kappa shape index (κ3) is 4.64.